The number of phenolic OH excluding ortho intramolecular Hbond substituents is 1. The van der Waals surface area contributed by atoms with E-state index in [0.29, 0.717) is 23.0 Å². The highest BCUT2D eigenvalue weighted by Gasteiger charge is 2.35. The largest absolute Gasteiger partial charge is 0.507 e. The number of ketones is 1. The summed E-state index contributed by atoms with van der Waals surface area (Å²) in [6, 6.07) is 4.90. The predicted octanol–water partition coefficient (Wildman–Crippen LogP) is 2.65. The summed E-state index contributed by atoms with van der Waals surface area (Å²) < 4.78 is 5.53. The molecule has 2 aliphatic rings. The summed E-state index contributed by atoms with van der Waals surface area (Å²) in [5.74, 6) is 1.20. The van der Waals surface area contributed by atoms with Crippen molar-refractivity contribution in [1.82, 2.24) is 0 Å². The number of aromatic hydroxyl groups is 1. The van der Waals surface area contributed by atoms with E-state index >= 15 is 0 Å². The maximum atomic E-state index is 12.0. The van der Waals surface area contributed by atoms with E-state index in [-0.39, 0.29) is 11.5 Å². The first-order chi connectivity index (χ1) is 7.68. The molecule has 3 nitrogen and oxygen atoms in total. The lowest BCUT2D eigenvalue weighted by Crippen LogP contribution is -2.03. The zero-order valence-electron chi connectivity index (χ0n) is 8.99. The minimum Gasteiger partial charge on any atom is -0.507 e. The van der Waals surface area contributed by atoms with Crippen molar-refractivity contribution in [2.75, 3.05) is 0 Å². The van der Waals surface area contributed by atoms with Crippen LogP contribution in [0.3, 0.4) is 0 Å². The van der Waals surface area contributed by atoms with Gasteiger partial charge in [-0.1, -0.05) is 6.07 Å². The fourth-order valence-electron chi connectivity index (χ4n) is 2.06. The summed E-state index contributed by atoms with van der Waals surface area (Å²) >= 11 is 0. The van der Waals surface area contributed by atoms with Gasteiger partial charge < -0.3 is 9.84 Å². The normalized spacial score (nSPS) is 21.7. The molecule has 0 spiro atoms. The summed E-state index contributed by atoms with van der Waals surface area (Å²) in [6.45, 7) is 1.94. The molecule has 1 fully saturated rings. The number of allylic oxidation sites excluding steroid dienone is 2. The second kappa shape index (κ2) is 3.11. The Labute approximate surface area is 93.4 Å². The molecule has 82 valence electrons. The van der Waals surface area contributed by atoms with Gasteiger partial charge in [0.1, 0.15) is 17.1 Å². The second-order valence-electron chi connectivity index (χ2n) is 4.37. The molecule has 1 heterocycles. The van der Waals surface area contributed by atoms with Gasteiger partial charge in [0, 0.05) is 0 Å². The molecule has 0 amide bonds. The van der Waals surface area contributed by atoms with Crippen LogP contribution in [-0.4, -0.2) is 10.9 Å². The van der Waals surface area contributed by atoms with Crippen molar-refractivity contribution >= 4 is 5.78 Å². The van der Waals surface area contributed by atoms with Crippen molar-refractivity contribution in [3.8, 4) is 11.5 Å². The number of benzene rings is 1. The minimum atomic E-state index is -0.183. The third kappa shape index (κ3) is 1.24. The third-order valence-electron chi connectivity index (χ3n) is 3.20. The van der Waals surface area contributed by atoms with Crippen LogP contribution in [0, 0.1) is 5.92 Å². The number of hydrogen-bond acceptors (Lipinski definition) is 3. The topological polar surface area (TPSA) is 46.5 Å². The maximum absolute atomic E-state index is 12.0. The lowest BCUT2D eigenvalue weighted by molar-refractivity contribution is 0.101. The Morgan fingerprint density at radius 3 is 2.81 bits per heavy atom. The molecular formula is C13H12O3. The average molecular weight is 216 g/mol. The van der Waals surface area contributed by atoms with Crippen molar-refractivity contribution in [3.63, 3.8) is 0 Å². The van der Waals surface area contributed by atoms with E-state index in [9.17, 15) is 9.90 Å². The molecule has 0 bridgehead atoms. The Balaban J connectivity index is 2.10. The molecule has 1 aromatic rings. The van der Waals surface area contributed by atoms with Crippen molar-refractivity contribution in [2.45, 2.75) is 19.8 Å². The highest BCUT2D eigenvalue weighted by molar-refractivity contribution is 6.14. The summed E-state index contributed by atoms with van der Waals surface area (Å²) in [7, 11) is 0. The number of carbonyl (C=O) groups is 1. The van der Waals surface area contributed by atoms with E-state index in [0.717, 1.165) is 18.4 Å². The van der Waals surface area contributed by atoms with Gasteiger partial charge in [0.25, 0.3) is 0 Å². The van der Waals surface area contributed by atoms with Crippen molar-refractivity contribution in [3.05, 3.63) is 35.1 Å². The van der Waals surface area contributed by atoms with Crippen LogP contribution < -0.4 is 4.74 Å². The third-order valence-corrected chi connectivity index (χ3v) is 3.20. The second-order valence-corrected chi connectivity index (χ2v) is 4.37. The summed E-state index contributed by atoms with van der Waals surface area (Å²) in [4.78, 5) is 12.0. The molecule has 0 radical (unpaired) electrons. The number of hydrogen-bond donors (Lipinski definition) is 1. The average Bonchev–Trinajstić information content (AvgIpc) is 3.04. The van der Waals surface area contributed by atoms with E-state index < -0.39 is 0 Å². The molecule has 0 atom stereocenters. The van der Waals surface area contributed by atoms with E-state index in [4.69, 9.17) is 4.74 Å². The molecule has 1 aromatic carbocycles. The van der Waals surface area contributed by atoms with Gasteiger partial charge in [0.05, 0.1) is 0 Å². The Hall–Kier alpha value is -1.77. The van der Waals surface area contributed by atoms with Crippen molar-refractivity contribution in [1.29, 1.82) is 0 Å². The Kier molecular flexibility index (Phi) is 1.84. The van der Waals surface area contributed by atoms with Crippen LogP contribution in [0.5, 0.6) is 11.5 Å². The summed E-state index contributed by atoms with van der Waals surface area (Å²) in [5.41, 5.74) is 1.32. The van der Waals surface area contributed by atoms with E-state index in [1.54, 1.807) is 12.1 Å². The van der Waals surface area contributed by atoms with E-state index in [2.05, 4.69) is 0 Å². The van der Waals surface area contributed by atoms with Crippen LogP contribution in [-0.2, 0) is 0 Å². The monoisotopic (exact) mass is 216 g/mol. The molecular weight excluding hydrogens is 204 g/mol. The molecule has 3 heteroatoms. The van der Waals surface area contributed by atoms with Crippen molar-refractivity contribution < 1.29 is 14.6 Å². The van der Waals surface area contributed by atoms with Crippen LogP contribution in [0.15, 0.2) is 29.5 Å². The number of Topliss-reactive ketones (excluding diaryl/α,β-unsaturated/α-hetero) is 1. The van der Waals surface area contributed by atoms with Gasteiger partial charge in [-0.05, 0) is 43.4 Å². The fourth-order valence-corrected chi connectivity index (χ4v) is 2.06. The predicted molar refractivity (Wildman–Crippen MR) is 58.5 cm³/mol. The number of ether oxygens (including phenoxy) is 1. The number of phenols is 1. The number of rotatable bonds is 1. The van der Waals surface area contributed by atoms with Gasteiger partial charge in [-0.3, -0.25) is 4.79 Å². The van der Waals surface area contributed by atoms with Gasteiger partial charge in [-0.15, -0.1) is 0 Å². The van der Waals surface area contributed by atoms with Crippen LogP contribution in [0.1, 0.15) is 30.1 Å². The Morgan fingerprint density at radius 2 is 2.19 bits per heavy atom. The number of fused-ring (bicyclic) bond motifs is 1. The zero-order chi connectivity index (χ0) is 11.3. The Morgan fingerprint density at radius 1 is 1.44 bits per heavy atom. The van der Waals surface area contributed by atoms with Crippen LogP contribution in [0.25, 0.3) is 0 Å². The first-order valence-electron chi connectivity index (χ1n) is 5.44. The maximum Gasteiger partial charge on any atom is 0.235 e. The molecule has 0 saturated heterocycles. The molecule has 1 saturated carbocycles. The molecule has 1 aliphatic heterocycles. The zero-order valence-corrected chi connectivity index (χ0v) is 8.99. The van der Waals surface area contributed by atoms with E-state index in [1.807, 2.05) is 6.92 Å². The lowest BCUT2D eigenvalue weighted by atomic mass is 10.1. The van der Waals surface area contributed by atoms with Crippen LogP contribution in [0.4, 0.5) is 0 Å². The smallest absolute Gasteiger partial charge is 0.235 e. The quantitative estimate of drug-likeness (QED) is 0.734. The molecule has 0 aromatic heterocycles. The fraction of sp³-hybridized carbons (Fsp3) is 0.308. The van der Waals surface area contributed by atoms with Crippen LogP contribution in [0.2, 0.25) is 0 Å². The van der Waals surface area contributed by atoms with Crippen LogP contribution >= 0.6 is 0 Å². The first-order valence-corrected chi connectivity index (χ1v) is 5.44. The van der Waals surface area contributed by atoms with Gasteiger partial charge in [-0.25, -0.2) is 0 Å². The highest BCUT2D eigenvalue weighted by atomic mass is 16.5. The van der Waals surface area contributed by atoms with Gasteiger partial charge >= 0.3 is 0 Å². The molecule has 1 N–H and O–H groups in total. The first kappa shape index (κ1) is 9.46. The highest BCUT2D eigenvalue weighted by Crippen LogP contribution is 2.43. The summed E-state index contributed by atoms with van der Waals surface area (Å²) in [6.07, 6.45) is 2.27. The molecule has 0 unspecified atom stereocenters. The Bertz CT molecular complexity index is 510. The van der Waals surface area contributed by atoms with E-state index in [1.165, 1.54) is 6.07 Å². The molecule has 16 heavy (non-hydrogen) atoms. The SMILES string of the molecule is C/C(=C1\Oc2cccc(O)c2C1=O)C1CC1. The molecule has 1 aliphatic carbocycles. The number of carbonyl (C=O) groups excluding carboxylic acids is 1. The minimum absolute atomic E-state index is 0.00102. The lowest BCUT2D eigenvalue weighted by Gasteiger charge is -2.02. The van der Waals surface area contributed by atoms with Gasteiger partial charge in [0.2, 0.25) is 5.78 Å². The molecule has 3 rings (SSSR count). The standard InChI is InChI=1S/C13H12O3/c1-7(8-5-6-8)13-12(15)11-9(14)3-2-4-10(11)16-13/h2-4,8,14H,5-6H2,1H3/b13-7+. The van der Waals surface area contributed by atoms with Crippen molar-refractivity contribution in [2.24, 2.45) is 5.92 Å². The van der Waals surface area contributed by atoms with Gasteiger partial charge in [0.15, 0.2) is 5.76 Å². The summed E-state index contributed by atoms with van der Waals surface area (Å²) in [5, 5.41) is 9.63. The van der Waals surface area contributed by atoms with Gasteiger partial charge in [-0.2, -0.15) is 0 Å².